The zero-order valence-corrected chi connectivity index (χ0v) is 9.76. The fourth-order valence-corrected chi connectivity index (χ4v) is 3.00. The molecule has 2 fully saturated rings. The number of nitrogens with zero attached hydrogens (tertiary/aromatic N) is 1. The average Bonchev–Trinajstić information content (AvgIpc) is 2.18. The molecule has 6 heteroatoms. The number of carbonyl (C=O) groups is 1. The summed E-state index contributed by atoms with van der Waals surface area (Å²) >= 11 is 0. The number of hydrogen-bond acceptors (Lipinski definition) is 2. The Balaban J connectivity index is 1.94. The second-order valence-electron chi connectivity index (χ2n) is 5.04. The summed E-state index contributed by atoms with van der Waals surface area (Å²) in [5.41, 5.74) is 0. The van der Waals surface area contributed by atoms with Crippen molar-refractivity contribution in [2.24, 2.45) is 0 Å². The van der Waals surface area contributed by atoms with Crippen molar-refractivity contribution in [3.05, 3.63) is 0 Å². The lowest BCUT2D eigenvalue weighted by molar-refractivity contribution is -0.175. The van der Waals surface area contributed by atoms with Gasteiger partial charge in [0.05, 0.1) is 0 Å². The topological polar surface area (TPSA) is 32.3 Å². The highest BCUT2D eigenvalue weighted by atomic mass is 19.4. The molecule has 1 N–H and O–H groups in total. The van der Waals surface area contributed by atoms with E-state index in [4.69, 9.17) is 0 Å². The third kappa shape index (κ3) is 2.73. The summed E-state index contributed by atoms with van der Waals surface area (Å²) in [6, 6.07) is 0.317. The van der Waals surface area contributed by atoms with Crippen LogP contribution in [0.15, 0.2) is 0 Å². The number of fused-ring (bicyclic) bond motifs is 2. The second-order valence-corrected chi connectivity index (χ2v) is 5.04. The van der Waals surface area contributed by atoms with Crippen molar-refractivity contribution in [1.82, 2.24) is 10.2 Å². The molecule has 2 unspecified atom stereocenters. The SMILES string of the molecule is CN1C2CCCC1CC(NC(=O)C(F)(F)F)C2. The molecule has 98 valence electrons. The smallest absolute Gasteiger partial charge is 0.345 e. The first-order valence-corrected chi connectivity index (χ1v) is 5.97. The lowest BCUT2D eigenvalue weighted by atomic mass is 9.82. The minimum atomic E-state index is -4.77. The molecule has 0 aromatic heterocycles. The quantitative estimate of drug-likeness (QED) is 0.768. The molecule has 2 saturated heterocycles. The Kier molecular flexibility index (Phi) is 3.34. The Bertz CT molecular complexity index is 292. The fraction of sp³-hybridized carbons (Fsp3) is 0.909. The van der Waals surface area contributed by atoms with E-state index < -0.39 is 12.1 Å². The predicted molar refractivity (Wildman–Crippen MR) is 56.4 cm³/mol. The molecule has 2 bridgehead atoms. The van der Waals surface area contributed by atoms with Gasteiger partial charge in [0.1, 0.15) is 0 Å². The zero-order chi connectivity index (χ0) is 12.6. The van der Waals surface area contributed by atoms with Crippen molar-refractivity contribution in [2.45, 2.75) is 56.4 Å². The highest BCUT2D eigenvalue weighted by Crippen LogP contribution is 2.32. The molecule has 0 aromatic carbocycles. The lowest BCUT2D eigenvalue weighted by Crippen LogP contribution is -2.56. The van der Waals surface area contributed by atoms with E-state index in [0.717, 1.165) is 19.3 Å². The van der Waals surface area contributed by atoms with Crippen molar-refractivity contribution in [3.8, 4) is 0 Å². The molecule has 17 heavy (non-hydrogen) atoms. The molecule has 1 amide bonds. The molecule has 0 aliphatic carbocycles. The van der Waals surface area contributed by atoms with E-state index in [1.54, 1.807) is 0 Å². The van der Waals surface area contributed by atoms with Crippen molar-refractivity contribution < 1.29 is 18.0 Å². The first-order chi connectivity index (χ1) is 7.88. The van der Waals surface area contributed by atoms with Gasteiger partial charge in [-0.1, -0.05) is 6.42 Å². The highest BCUT2D eigenvalue weighted by Gasteiger charge is 2.42. The van der Waals surface area contributed by atoms with E-state index in [-0.39, 0.29) is 6.04 Å². The molecule has 0 saturated carbocycles. The van der Waals surface area contributed by atoms with Crippen LogP contribution in [0.3, 0.4) is 0 Å². The van der Waals surface area contributed by atoms with Crippen LogP contribution in [0.5, 0.6) is 0 Å². The summed E-state index contributed by atoms with van der Waals surface area (Å²) in [6.45, 7) is 0. The summed E-state index contributed by atoms with van der Waals surface area (Å²) in [6.07, 6.45) is -0.321. The van der Waals surface area contributed by atoms with Crippen LogP contribution in [-0.2, 0) is 4.79 Å². The normalized spacial score (nSPS) is 34.5. The van der Waals surface area contributed by atoms with Gasteiger partial charge in [-0.25, -0.2) is 0 Å². The number of piperidine rings is 2. The van der Waals surface area contributed by atoms with Gasteiger partial charge < -0.3 is 10.2 Å². The van der Waals surface area contributed by atoms with E-state index >= 15 is 0 Å². The zero-order valence-electron chi connectivity index (χ0n) is 9.76. The van der Waals surface area contributed by atoms with Crippen LogP contribution < -0.4 is 5.32 Å². The molecule has 3 nitrogen and oxygen atoms in total. The van der Waals surface area contributed by atoms with Crippen LogP contribution in [0.2, 0.25) is 0 Å². The first-order valence-electron chi connectivity index (χ1n) is 5.97. The molecule has 2 atom stereocenters. The summed E-state index contributed by atoms with van der Waals surface area (Å²) in [5, 5.41) is 2.12. The van der Waals surface area contributed by atoms with Crippen LogP contribution in [0, 0.1) is 0 Å². The van der Waals surface area contributed by atoms with Gasteiger partial charge in [-0.3, -0.25) is 4.79 Å². The minimum Gasteiger partial charge on any atom is -0.345 e. The van der Waals surface area contributed by atoms with Gasteiger partial charge in [0.2, 0.25) is 0 Å². The van der Waals surface area contributed by atoms with Crippen molar-refractivity contribution in [2.75, 3.05) is 7.05 Å². The number of rotatable bonds is 1. The number of alkyl halides is 3. The summed E-state index contributed by atoms with van der Waals surface area (Å²) in [5.74, 6) is -1.80. The van der Waals surface area contributed by atoms with E-state index in [9.17, 15) is 18.0 Å². The Morgan fingerprint density at radius 2 is 1.76 bits per heavy atom. The maximum Gasteiger partial charge on any atom is 0.471 e. The predicted octanol–water partition coefficient (Wildman–Crippen LogP) is 1.68. The molecule has 0 spiro atoms. The molecule has 0 aromatic rings. The maximum absolute atomic E-state index is 12.1. The van der Waals surface area contributed by atoms with E-state index in [1.807, 2.05) is 7.05 Å². The van der Waals surface area contributed by atoms with E-state index in [0.29, 0.717) is 24.9 Å². The van der Waals surface area contributed by atoms with Crippen molar-refractivity contribution in [1.29, 1.82) is 0 Å². The Labute approximate surface area is 98.3 Å². The molecular weight excluding hydrogens is 233 g/mol. The monoisotopic (exact) mass is 250 g/mol. The lowest BCUT2D eigenvalue weighted by Gasteiger charge is -2.47. The first kappa shape index (κ1) is 12.7. The van der Waals surface area contributed by atoms with Gasteiger partial charge in [-0.05, 0) is 32.7 Å². The third-order valence-electron chi connectivity index (χ3n) is 3.93. The molecule has 2 aliphatic rings. The van der Waals surface area contributed by atoms with Crippen LogP contribution in [0.25, 0.3) is 0 Å². The van der Waals surface area contributed by atoms with Gasteiger partial charge in [0.25, 0.3) is 0 Å². The second kappa shape index (κ2) is 4.48. The van der Waals surface area contributed by atoms with Crippen molar-refractivity contribution in [3.63, 3.8) is 0 Å². The summed E-state index contributed by atoms with van der Waals surface area (Å²) in [4.78, 5) is 13.1. The van der Waals surface area contributed by atoms with Crippen LogP contribution in [0.1, 0.15) is 32.1 Å². The molecule has 2 aliphatic heterocycles. The van der Waals surface area contributed by atoms with Crippen LogP contribution in [0.4, 0.5) is 13.2 Å². The maximum atomic E-state index is 12.1. The average molecular weight is 250 g/mol. The fourth-order valence-electron chi connectivity index (χ4n) is 3.00. The Hall–Kier alpha value is -0.780. The van der Waals surface area contributed by atoms with Crippen LogP contribution in [-0.4, -0.2) is 42.2 Å². The van der Waals surface area contributed by atoms with Crippen LogP contribution >= 0.6 is 0 Å². The third-order valence-corrected chi connectivity index (χ3v) is 3.93. The van der Waals surface area contributed by atoms with Gasteiger partial charge in [0, 0.05) is 18.1 Å². The number of amides is 1. The summed E-state index contributed by atoms with van der Waals surface area (Å²) < 4.78 is 36.4. The largest absolute Gasteiger partial charge is 0.471 e. The van der Waals surface area contributed by atoms with Gasteiger partial charge in [-0.15, -0.1) is 0 Å². The molecule has 0 radical (unpaired) electrons. The number of nitrogens with one attached hydrogen (secondary N) is 1. The summed E-state index contributed by atoms with van der Waals surface area (Å²) in [7, 11) is 2.02. The van der Waals surface area contributed by atoms with E-state index in [1.165, 1.54) is 0 Å². The minimum absolute atomic E-state index is 0.320. The standard InChI is InChI=1S/C11H17F3N2O/c1-16-8-3-2-4-9(16)6-7(5-8)15-10(17)11(12,13)14/h7-9H,2-6H2,1H3,(H,15,17). The number of hydrogen-bond donors (Lipinski definition) is 1. The Morgan fingerprint density at radius 3 is 2.24 bits per heavy atom. The molecular formula is C11H17F3N2O. The number of carbonyl (C=O) groups excluding carboxylic acids is 1. The molecule has 2 heterocycles. The number of halogens is 3. The Morgan fingerprint density at radius 1 is 1.24 bits per heavy atom. The van der Waals surface area contributed by atoms with Gasteiger partial charge in [0.15, 0.2) is 0 Å². The van der Waals surface area contributed by atoms with Crippen molar-refractivity contribution >= 4 is 5.91 Å². The van der Waals surface area contributed by atoms with Gasteiger partial charge in [-0.2, -0.15) is 13.2 Å². The highest BCUT2D eigenvalue weighted by molar-refractivity contribution is 5.81. The molecule has 2 rings (SSSR count). The van der Waals surface area contributed by atoms with Gasteiger partial charge >= 0.3 is 12.1 Å². The van der Waals surface area contributed by atoms with E-state index in [2.05, 4.69) is 10.2 Å².